The molecule has 0 aliphatic heterocycles. The predicted molar refractivity (Wildman–Crippen MR) is 82.4 cm³/mol. The summed E-state index contributed by atoms with van der Waals surface area (Å²) in [6.45, 7) is 12.1. The van der Waals surface area contributed by atoms with Gasteiger partial charge in [0.05, 0.1) is 0 Å². The van der Waals surface area contributed by atoms with E-state index in [1.165, 1.54) is 0 Å². The maximum Gasteiger partial charge on any atom is 0.408 e. The zero-order chi connectivity index (χ0) is 17.7. The smallest absolute Gasteiger partial charge is 0.408 e. The van der Waals surface area contributed by atoms with Crippen molar-refractivity contribution in [3.63, 3.8) is 0 Å². The van der Waals surface area contributed by atoms with Crippen molar-refractivity contribution in [3.8, 4) is 0 Å². The maximum atomic E-state index is 12.3. The number of hydrogen-bond donors (Lipinski definition) is 3. The van der Waals surface area contributed by atoms with E-state index in [2.05, 4.69) is 10.6 Å². The second kappa shape index (κ2) is 8.00. The van der Waals surface area contributed by atoms with Crippen LogP contribution in [0.5, 0.6) is 0 Å². The van der Waals surface area contributed by atoms with Crippen LogP contribution < -0.4 is 10.6 Å². The Bertz CT molecular complexity index is 413. The van der Waals surface area contributed by atoms with Crippen LogP contribution in [0.15, 0.2) is 0 Å². The molecular weight excluding hydrogens is 288 g/mol. The number of carboxylic acids is 1. The van der Waals surface area contributed by atoms with Gasteiger partial charge in [0.2, 0.25) is 5.91 Å². The van der Waals surface area contributed by atoms with Crippen molar-refractivity contribution in [3.05, 3.63) is 0 Å². The van der Waals surface area contributed by atoms with Gasteiger partial charge in [-0.25, -0.2) is 9.59 Å². The van der Waals surface area contributed by atoms with Gasteiger partial charge in [-0.15, -0.1) is 0 Å². The Morgan fingerprint density at radius 2 is 1.36 bits per heavy atom. The number of amides is 2. The zero-order valence-corrected chi connectivity index (χ0v) is 14.4. The quantitative estimate of drug-likeness (QED) is 0.692. The Labute approximate surface area is 131 Å². The molecule has 2 atom stereocenters. The van der Waals surface area contributed by atoms with E-state index in [-0.39, 0.29) is 11.8 Å². The van der Waals surface area contributed by atoms with Crippen LogP contribution >= 0.6 is 0 Å². The van der Waals surface area contributed by atoms with Gasteiger partial charge in [-0.2, -0.15) is 0 Å². The molecule has 0 aliphatic rings. The molecule has 0 saturated heterocycles. The number of alkyl carbamates (subject to hydrolysis) is 1. The van der Waals surface area contributed by atoms with Gasteiger partial charge in [0.15, 0.2) is 0 Å². The van der Waals surface area contributed by atoms with Gasteiger partial charge in [-0.1, -0.05) is 27.7 Å². The minimum Gasteiger partial charge on any atom is -0.480 e. The fraction of sp³-hybridized carbons (Fsp3) is 0.800. The molecule has 0 radical (unpaired) electrons. The fourth-order valence-corrected chi connectivity index (χ4v) is 1.73. The largest absolute Gasteiger partial charge is 0.480 e. The van der Waals surface area contributed by atoms with E-state index in [1.807, 2.05) is 0 Å². The summed E-state index contributed by atoms with van der Waals surface area (Å²) >= 11 is 0. The molecule has 7 heteroatoms. The molecule has 0 spiro atoms. The van der Waals surface area contributed by atoms with Crippen LogP contribution in [0.3, 0.4) is 0 Å². The number of hydrogen-bond acceptors (Lipinski definition) is 4. The van der Waals surface area contributed by atoms with Crippen molar-refractivity contribution in [2.45, 2.75) is 66.2 Å². The van der Waals surface area contributed by atoms with Crippen LogP contribution in [-0.2, 0) is 14.3 Å². The summed E-state index contributed by atoms with van der Waals surface area (Å²) in [4.78, 5) is 35.2. The Morgan fingerprint density at radius 3 is 1.68 bits per heavy atom. The van der Waals surface area contributed by atoms with E-state index < -0.39 is 35.7 Å². The van der Waals surface area contributed by atoms with Crippen LogP contribution in [0.25, 0.3) is 0 Å². The highest BCUT2D eigenvalue weighted by atomic mass is 16.6. The van der Waals surface area contributed by atoms with Crippen LogP contribution in [0, 0.1) is 11.8 Å². The van der Waals surface area contributed by atoms with E-state index in [0.717, 1.165) is 0 Å². The molecule has 0 fully saturated rings. The Balaban J connectivity index is 4.92. The molecule has 0 heterocycles. The third kappa shape index (κ3) is 7.28. The summed E-state index contributed by atoms with van der Waals surface area (Å²) in [5, 5.41) is 14.1. The van der Waals surface area contributed by atoms with Crippen molar-refractivity contribution >= 4 is 18.0 Å². The lowest BCUT2D eigenvalue weighted by Gasteiger charge is -2.27. The molecule has 0 aliphatic carbocycles. The molecule has 0 aromatic rings. The first-order valence-electron chi connectivity index (χ1n) is 7.37. The third-order valence-electron chi connectivity index (χ3n) is 2.85. The minimum absolute atomic E-state index is 0.214. The first kappa shape index (κ1) is 20.2. The number of aliphatic carboxylic acids is 1. The zero-order valence-electron chi connectivity index (χ0n) is 14.4. The lowest BCUT2D eigenvalue weighted by Crippen LogP contribution is -2.55. The maximum absolute atomic E-state index is 12.3. The second-order valence-corrected chi connectivity index (χ2v) is 6.94. The molecule has 128 valence electrons. The first-order chi connectivity index (χ1) is 9.85. The lowest BCUT2D eigenvalue weighted by atomic mass is 10.0. The monoisotopic (exact) mass is 316 g/mol. The molecule has 0 bridgehead atoms. The Hall–Kier alpha value is -1.79. The van der Waals surface area contributed by atoms with Crippen molar-refractivity contribution in [1.82, 2.24) is 10.6 Å². The van der Waals surface area contributed by atoms with Gasteiger partial charge in [0.1, 0.15) is 17.7 Å². The van der Waals surface area contributed by atoms with E-state index in [1.54, 1.807) is 48.5 Å². The second-order valence-electron chi connectivity index (χ2n) is 6.94. The lowest BCUT2D eigenvalue weighted by molar-refractivity contribution is -0.143. The van der Waals surface area contributed by atoms with E-state index >= 15 is 0 Å². The van der Waals surface area contributed by atoms with Crippen molar-refractivity contribution in [2.24, 2.45) is 11.8 Å². The molecule has 0 saturated carbocycles. The van der Waals surface area contributed by atoms with Crippen LogP contribution in [0.2, 0.25) is 0 Å². The van der Waals surface area contributed by atoms with Gasteiger partial charge in [-0.3, -0.25) is 4.79 Å². The first-order valence-corrected chi connectivity index (χ1v) is 7.37. The molecule has 0 aromatic heterocycles. The highest BCUT2D eigenvalue weighted by molar-refractivity contribution is 5.89. The molecule has 2 amide bonds. The molecule has 7 nitrogen and oxygen atoms in total. The molecule has 1 unspecified atom stereocenters. The van der Waals surface area contributed by atoms with Gasteiger partial charge < -0.3 is 20.5 Å². The predicted octanol–water partition coefficient (Wildman–Crippen LogP) is 1.76. The number of carboxylic acid groups (broad SMARTS) is 1. The standard InChI is InChI=1S/C15H28N2O5/c1-8(2)10(17-14(21)22-15(5,6)7)12(18)16-11(9(3)4)13(19)20/h8-11H,1-7H3,(H,16,18)(H,17,21)(H,19,20)/t10?,11-/m0/s1. The SMILES string of the molecule is CC(C)C(NC(=O)OC(C)(C)C)C(=O)N[C@H](C(=O)O)C(C)C. The molecule has 0 aromatic carbocycles. The van der Waals surface area contributed by atoms with Gasteiger partial charge in [0, 0.05) is 0 Å². The molecule has 22 heavy (non-hydrogen) atoms. The Morgan fingerprint density at radius 1 is 0.909 bits per heavy atom. The number of nitrogens with one attached hydrogen (secondary N) is 2. The van der Waals surface area contributed by atoms with E-state index in [0.29, 0.717) is 0 Å². The van der Waals surface area contributed by atoms with Crippen molar-refractivity contribution < 1.29 is 24.2 Å². The van der Waals surface area contributed by atoms with E-state index in [4.69, 9.17) is 9.84 Å². The van der Waals surface area contributed by atoms with Gasteiger partial charge in [0.25, 0.3) is 0 Å². The summed E-state index contributed by atoms with van der Waals surface area (Å²) in [5.41, 5.74) is -0.677. The van der Waals surface area contributed by atoms with Crippen LogP contribution in [0.4, 0.5) is 4.79 Å². The van der Waals surface area contributed by atoms with E-state index in [9.17, 15) is 14.4 Å². The molecular formula is C15H28N2O5. The number of rotatable bonds is 6. The van der Waals surface area contributed by atoms with Crippen molar-refractivity contribution in [1.29, 1.82) is 0 Å². The van der Waals surface area contributed by atoms with Gasteiger partial charge >= 0.3 is 12.1 Å². The topological polar surface area (TPSA) is 105 Å². The van der Waals surface area contributed by atoms with Crippen molar-refractivity contribution in [2.75, 3.05) is 0 Å². The number of carbonyl (C=O) groups excluding carboxylic acids is 2. The normalized spacial score (nSPS) is 14.4. The summed E-state index contributed by atoms with van der Waals surface area (Å²) in [6, 6.07) is -1.87. The summed E-state index contributed by atoms with van der Waals surface area (Å²) in [5.74, 6) is -2.13. The number of carbonyl (C=O) groups is 3. The molecule has 3 N–H and O–H groups in total. The van der Waals surface area contributed by atoms with Gasteiger partial charge in [-0.05, 0) is 32.6 Å². The Kier molecular flexibility index (Phi) is 7.35. The number of ether oxygens (including phenoxy) is 1. The average Bonchev–Trinajstić information content (AvgIpc) is 2.29. The average molecular weight is 316 g/mol. The highest BCUT2D eigenvalue weighted by Crippen LogP contribution is 2.10. The highest BCUT2D eigenvalue weighted by Gasteiger charge is 2.31. The third-order valence-corrected chi connectivity index (χ3v) is 2.85. The summed E-state index contributed by atoms with van der Waals surface area (Å²) < 4.78 is 5.12. The summed E-state index contributed by atoms with van der Waals surface area (Å²) in [6.07, 6.45) is -0.710. The minimum atomic E-state index is -1.11. The fourth-order valence-electron chi connectivity index (χ4n) is 1.73. The van der Waals surface area contributed by atoms with Crippen LogP contribution in [0.1, 0.15) is 48.5 Å². The summed E-state index contributed by atoms with van der Waals surface area (Å²) in [7, 11) is 0. The molecule has 0 rings (SSSR count). The van der Waals surface area contributed by atoms with Crippen LogP contribution in [-0.4, -0.2) is 40.8 Å².